The molecule has 0 unspecified atom stereocenters. The molecule has 0 saturated carbocycles. The van der Waals surface area contributed by atoms with Gasteiger partial charge in [-0.1, -0.05) is 41.5 Å². The Morgan fingerprint density at radius 1 is 1.09 bits per heavy atom. The van der Waals surface area contributed by atoms with Gasteiger partial charge in [-0.2, -0.15) is 5.10 Å². The van der Waals surface area contributed by atoms with Gasteiger partial charge in [0.1, 0.15) is 11.4 Å². The summed E-state index contributed by atoms with van der Waals surface area (Å²) in [6, 6.07) is 19.4. The molecule has 34 heavy (non-hydrogen) atoms. The number of carbonyl (C=O) groups excluding carboxylic acids is 2. The molecule has 1 aromatic heterocycles. The van der Waals surface area contributed by atoms with Gasteiger partial charge < -0.3 is 10.1 Å². The second-order valence-corrected chi connectivity index (χ2v) is 7.69. The fourth-order valence-corrected chi connectivity index (χ4v) is 4.06. The van der Waals surface area contributed by atoms with Crippen LogP contribution in [0.25, 0.3) is 33.0 Å². The predicted octanol–water partition coefficient (Wildman–Crippen LogP) is 5.42. The Morgan fingerprint density at radius 3 is 2.56 bits per heavy atom. The van der Waals surface area contributed by atoms with Crippen LogP contribution in [0.4, 0.5) is 11.4 Å². The highest BCUT2D eigenvalue weighted by Crippen LogP contribution is 2.43. The van der Waals surface area contributed by atoms with Crippen molar-refractivity contribution < 1.29 is 14.3 Å². The Labute approximate surface area is 194 Å². The summed E-state index contributed by atoms with van der Waals surface area (Å²) < 4.78 is 5.21. The van der Waals surface area contributed by atoms with Gasteiger partial charge in [0.05, 0.1) is 36.0 Å². The van der Waals surface area contributed by atoms with E-state index in [4.69, 9.17) is 10.3 Å². The highest BCUT2D eigenvalue weighted by atomic mass is 16.5. The molecule has 1 heterocycles. The Balaban J connectivity index is 1.41. The fraction of sp³-hybridized carbons (Fsp3) is 0.0800. The van der Waals surface area contributed by atoms with Crippen LogP contribution in [0.3, 0.4) is 0 Å². The van der Waals surface area contributed by atoms with Gasteiger partial charge in [0.25, 0.3) is 0 Å². The van der Waals surface area contributed by atoms with Crippen molar-refractivity contribution in [1.82, 2.24) is 10.2 Å². The maximum Gasteiger partial charge on any atom is 0.228 e. The Morgan fingerprint density at radius 2 is 1.85 bits per heavy atom. The summed E-state index contributed by atoms with van der Waals surface area (Å²) in [6.07, 6.45) is 0.109. The van der Waals surface area contributed by atoms with E-state index in [0.29, 0.717) is 45.2 Å². The number of hydrogen-bond donors (Lipinski definition) is 2. The normalized spacial score (nSPS) is 11.4. The Bertz CT molecular complexity index is 1470. The van der Waals surface area contributed by atoms with Crippen LogP contribution in [0.15, 0.2) is 71.8 Å². The third-order valence-corrected chi connectivity index (χ3v) is 5.65. The summed E-state index contributed by atoms with van der Waals surface area (Å²) in [5.41, 5.74) is 13.8. The number of nitrogens with zero attached hydrogens (tertiary/aromatic N) is 4. The van der Waals surface area contributed by atoms with Crippen molar-refractivity contribution in [2.45, 2.75) is 6.42 Å². The number of methoxy groups -OCH3 is 1. The SMILES string of the molecule is COc1ccc(-c2n[nH]c3c2C(=O)c2c(NC(=O)Cc4ccc(N=[N+]=[N-])cc4)cccc2-3)cc1. The van der Waals surface area contributed by atoms with E-state index in [1.807, 2.05) is 30.3 Å². The first-order valence-electron chi connectivity index (χ1n) is 10.4. The van der Waals surface area contributed by atoms with Gasteiger partial charge in [-0.3, -0.25) is 14.7 Å². The molecule has 1 aliphatic rings. The van der Waals surface area contributed by atoms with Crippen LogP contribution in [-0.2, 0) is 11.2 Å². The lowest BCUT2D eigenvalue weighted by Crippen LogP contribution is -2.16. The highest BCUT2D eigenvalue weighted by molar-refractivity contribution is 6.27. The number of fused-ring (bicyclic) bond motifs is 3. The molecule has 0 spiro atoms. The molecule has 9 nitrogen and oxygen atoms in total. The number of ketones is 1. The summed E-state index contributed by atoms with van der Waals surface area (Å²) in [5.74, 6) is 0.254. The lowest BCUT2D eigenvalue weighted by molar-refractivity contribution is -0.115. The molecule has 5 rings (SSSR count). The van der Waals surface area contributed by atoms with Crippen LogP contribution < -0.4 is 10.1 Å². The van der Waals surface area contributed by atoms with Crippen LogP contribution in [0.2, 0.25) is 0 Å². The predicted molar refractivity (Wildman–Crippen MR) is 127 cm³/mol. The van der Waals surface area contributed by atoms with Gasteiger partial charge in [-0.05, 0) is 41.4 Å². The zero-order valence-electron chi connectivity index (χ0n) is 18.1. The first kappa shape index (κ1) is 21.0. The third kappa shape index (κ3) is 3.66. The quantitative estimate of drug-likeness (QED) is 0.203. The van der Waals surface area contributed by atoms with Crippen molar-refractivity contribution >= 4 is 23.1 Å². The number of aromatic nitrogens is 2. The molecule has 1 aliphatic carbocycles. The van der Waals surface area contributed by atoms with E-state index in [0.717, 1.165) is 11.1 Å². The summed E-state index contributed by atoms with van der Waals surface area (Å²) in [5, 5.41) is 13.8. The van der Waals surface area contributed by atoms with Crippen LogP contribution in [0.1, 0.15) is 21.5 Å². The molecule has 0 radical (unpaired) electrons. The average Bonchev–Trinajstić information content (AvgIpc) is 3.41. The molecule has 2 N–H and O–H groups in total. The number of hydrogen-bond acceptors (Lipinski definition) is 5. The standard InChI is InChI=1S/C25H18N6O3/c1-34-17-11-7-15(8-12-17)23-22-24(30-29-23)18-3-2-4-19(21(18)25(22)33)27-20(32)13-14-5-9-16(10-6-14)28-31-26/h2-12H,13H2,1H3,(H,27,32)(H,29,30). The molecule has 0 bridgehead atoms. The van der Waals surface area contributed by atoms with E-state index < -0.39 is 0 Å². The first-order chi connectivity index (χ1) is 16.6. The van der Waals surface area contributed by atoms with Gasteiger partial charge in [0.2, 0.25) is 5.91 Å². The number of azide groups is 1. The zero-order chi connectivity index (χ0) is 23.7. The lowest BCUT2D eigenvalue weighted by atomic mass is 10.0. The number of nitrogens with one attached hydrogen (secondary N) is 2. The number of ether oxygens (including phenoxy) is 1. The van der Waals surface area contributed by atoms with E-state index in [1.54, 1.807) is 43.5 Å². The van der Waals surface area contributed by atoms with E-state index in [2.05, 4.69) is 25.5 Å². The van der Waals surface area contributed by atoms with Crippen molar-refractivity contribution in [3.05, 3.63) is 93.9 Å². The maximum atomic E-state index is 13.5. The van der Waals surface area contributed by atoms with Gasteiger partial charge in [-0.25, -0.2) is 0 Å². The van der Waals surface area contributed by atoms with Crippen molar-refractivity contribution in [3.8, 4) is 28.3 Å². The number of rotatable bonds is 6. The molecular weight excluding hydrogens is 432 g/mol. The van der Waals surface area contributed by atoms with E-state index >= 15 is 0 Å². The molecule has 4 aromatic rings. The topological polar surface area (TPSA) is 133 Å². The second-order valence-electron chi connectivity index (χ2n) is 7.69. The average molecular weight is 450 g/mol. The molecule has 0 saturated heterocycles. The third-order valence-electron chi connectivity index (χ3n) is 5.65. The summed E-state index contributed by atoms with van der Waals surface area (Å²) in [7, 11) is 1.59. The maximum absolute atomic E-state index is 13.5. The van der Waals surface area contributed by atoms with Crippen LogP contribution in [-0.4, -0.2) is 29.0 Å². The van der Waals surface area contributed by atoms with Crippen molar-refractivity contribution in [1.29, 1.82) is 0 Å². The molecule has 0 atom stereocenters. The monoisotopic (exact) mass is 450 g/mol. The fourth-order valence-electron chi connectivity index (χ4n) is 4.06. The summed E-state index contributed by atoms with van der Waals surface area (Å²) in [6.45, 7) is 0. The molecule has 1 amide bonds. The number of anilines is 1. The van der Waals surface area contributed by atoms with E-state index in [9.17, 15) is 9.59 Å². The zero-order valence-corrected chi connectivity index (χ0v) is 18.1. The van der Waals surface area contributed by atoms with Gasteiger partial charge >= 0.3 is 0 Å². The van der Waals surface area contributed by atoms with Gasteiger partial charge in [0, 0.05) is 21.7 Å². The minimum atomic E-state index is -0.262. The molecule has 166 valence electrons. The number of H-pyrrole nitrogens is 1. The number of amides is 1. The van der Waals surface area contributed by atoms with Gasteiger partial charge in [0.15, 0.2) is 5.78 Å². The number of benzene rings is 3. The molecule has 0 aliphatic heterocycles. The Hall–Kier alpha value is -4.88. The minimum Gasteiger partial charge on any atom is -0.497 e. The molecule has 0 fully saturated rings. The van der Waals surface area contributed by atoms with Crippen LogP contribution in [0, 0.1) is 0 Å². The first-order valence-corrected chi connectivity index (χ1v) is 10.4. The number of aromatic amines is 1. The van der Waals surface area contributed by atoms with E-state index in [-0.39, 0.29) is 18.1 Å². The molecular formula is C25H18N6O3. The van der Waals surface area contributed by atoms with Gasteiger partial charge in [-0.15, -0.1) is 0 Å². The summed E-state index contributed by atoms with van der Waals surface area (Å²) >= 11 is 0. The summed E-state index contributed by atoms with van der Waals surface area (Å²) in [4.78, 5) is 28.9. The number of carbonyl (C=O) groups is 2. The van der Waals surface area contributed by atoms with Crippen molar-refractivity contribution in [2.75, 3.05) is 12.4 Å². The van der Waals surface area contributed by atoms with Crippen molar-refractivity contribution in [3.63, 3.8) is 0 Å². The Kier molecular flexibility index (Phi) is 5.29. The highest BCUT2D eigenvalue weighted by Gasteiger charge is 2.34. The largest absolute Gasteiger partial charge is 0.497 e. The van der Waals surface area contributed by atoms with E-state index in [1.165, 1.54) is 0 Å². The van der Waals surface area contributed by atoms with Crippen LogP contribution >= 0.6 is 0 Å². The smallest absolute Gasteiger partial charge is 0.228 e. The molecule has 3 aromatic carbocycles. The molecule has 9 heteroatoms. The van der Waals surface area contributed by atoms with Crippen LogP contribution in [0.5, 0.6) is 5.75 Å². The lowest BCUT2D eigenvalue weighted by Gasteiger charge is -2.10. The van der Waals surface area contributed by atoms with Crippen molar-refractivity contribution in [2.24, 2.45) is 5.11 Å². The second kappa shape index (κ2) is 8.57. The minimum absolute atomic E-state index is 0.109.